The molecule has 0 radical (unpaired) electrons. The van der Waals surface area contributed by atoms with Crippen LogP contribution in [-0.4, -0.2) is 15.9 Å². The molecule has 132 valence electrons. The number of nitrogens with one attached hydrogen (secondary N) is 1. The van der Waals surface area contributed by atoms with E-state index >= 15 is 0 Å². The third-order valence-corrected chi connectivity index (χ3v) is 4.85. The summed E-state index contributed by atoms with van der Waals surface area (Å²) >= 11 is 1.29. The van der Waals surface area contributed by atoms with Crippen LogP contribution in [0.1, 0.15) is 22.1 Å². The second-order valence-electron chi connectivity index (χ2n) is 5.98. The van der Waals surface area contributed by atoms with Crippen molar-refractivity contribution in [2.24, 2.45) is 0 Å². The number of nitrogens with two attached hydrogens (primary N) is 1. The Labute approximate surface area is 157 Å². The van der Waals surface area contributed by atoms with Crippen molar-refractivity contribution in [2.75, 3.05) is 11.1 Å². The molecule has 5 nitrogen and oxygen atoms in total. The van der Waals surface area contributed by atoms with E-state index in [0.29, 0.717) is 11.0 Å². The highest BCUT2D eigenvalue weighted by Crippen LogP contribution is 2.34. The summed E-state index contributed by atoms with van der Waals surface area (Å²) in [5.74, 6) is 0.263. The van der Waals surface area contributed by atoms with Crippen molar-refractivity contribution in [3.63, 3.8) is 0 Å². The minimum Gasteiger partial charge on any atom is -0.384 e. The van der Waals surface area contributed by atoms with E-state index in [9.17, 15) is 4.79 Å². The topological polar surface area (TPSA) is 80.9 Å². The lowest BCUT2D eigenvalue weighted by Crippen LogP contribution is -2.19. The van der Waals surface area contributed by atoms with Gasteiger partial charge in [-0.15, -0.1) is 0 Å². The summed E-state index contributed by atoms with van der Waals surface area (Å²) in [6.07, 6.45) is 0. The summed E-state index contributed by atoms with van der Waals surface area (Å²) in [5.41, 5.74) is 9.37. The average molecular weight is 364 g/mol. The lowest BCUT2D eigenvalue weighted by molar-refractivity contribution is -0.115. The summed E-state index contributed by atoms with van der Waals surface area (Å²) < 4.78 is 0. The fraction of sp³-hybridized carbons (Fsp3) is 0.150. The molecule has 1 atom stereocenters. The van der Waals surface area contributed by atoms with Gasteiger partial charge < -0.3 is 11.1 Å². The molecule has 0 aliphatic rings. The fourth-order valence-corrected chi connectivity index (χ4v) is 3.49. The van der Waals surface area contributed by atoms with Gasteiger partial charge >= 0.3 is 0 Å². The van der Waals surface area contributed by atoms with Crippen LogP contribution < -0.4 is 11.1 Å². The third kappa shape index (κ3) is 4.61. The molecule has 0 fully saturated rings. The van der Waals surface area contributed by atoms with Gasteiger partial charge in [-0.2, -0.15) is 0 Å². The van der Waals surface area contributed by atoms with Crippen molar-refractivity contribution in [3.05, 3.63) is 77.5 Å². The van der Waals surface area contributed by atoms with Crippen molar-refractivity contribution >= 4 is 29.2 Å². The first-order valence-corrected chi connectivity index (χ1v) is 9.09. The molecule has 0 bridgehead atoms. The van der Waals surface area contributed by atoms with Gasteiger partial charge in [0.2, 0.25) is 5.91 Å². The molecule has 0 saturated carbocycles. The first-order valence-electron chi connectivity index (χ1n) is 8.21. The van der Waals surface area contributed by atoms with Crippen molar-refractivity contribution in [1.29, 1.82) is 0 Å². The number of hydrogen-bond donors (Lipinski definition) is 2. The lowest BCUT2D eigenvalue weighted by atomic mass is 10.1. The lowest BCUT2D eigenvalue weighted by Gasteiger charge is -2.16. The molecule has 1 amide bonds. The van der Waals surface area contributed by atoms with Crippen LogP contribution in [0, 0.1) is 13.8 Å². The molecular formula is C20H20N4OS. The Balaban J connectivity index is 1.87. The van der Waals surface area contributed by atoms with Gasteiger partial charge in [-0.1, -0.05) is 59.8 Å². The molecule has 3 N–H and O–H groups in total. The monoisotopic (exact) mass is 364 g/mol. The Morgan fingerprint density at radius 1 is 1.04 bits per heavy atom. The first kappa shape index (κ1) is 17.9. The van der Waals surface area contributed by atoms with E-state index in [0.717, 1.165) is 22.5 Å². The van der Waals surface area contributed by atoms with Gasteiger partial charge in [0.15, 0.2) is 5.16 Å². The zero-order chi connectivity index (χ0) is 18.5. The van der Waals surface area contributed by atoms with Gasteiger partial charge in [-0.25, -0.2) is 9.97 Å². The molecule has 26 heavy (non-hydrogen) atoms. The molecule has 1 aromatic heterocycles. The van der Waals surface area contributed by atoms with Gasteiger partial charge in [0.1, 0.15) is 11.1 Å². The van der Waals surface area contributed by atoms with Crippen molar-refractivity contribution in [2.45, 2.75) is 24.3 Å². The van der Waals surface area contributed by atoms with E-state index in [2.05, 4.69) is 15.3 Å². The normalized spacial score (nSPS) is 11.8. The van der Waals surface area contributed by atoms with Crippen molar-refractivity contribution in [1.82, 2.24) is 9.97 Å². The van der Waals surface area contributed by atoms with Crippen molar-refractivity contribution < 1.29 is 4.79 Å². The minimum absolute atomic E-state index is 0.131. The minimum atomic E-state index is -0.487. The fourth-order valence-electron chi connectivity index (χ4n) is 2.47. The molecule has 0 spiro atoms. The molecule has 0 aliphatic heterocycles. The number of aromatic nitrogens is 2. The van der Waals surface area contributed by atoms with Gasteiger partial charge in [0, 0.05) is 17.4 Å². The number of carbonyl (C=O) groups is 1. The number of anilines is 2. The van der Waals surface area contributed by atoms with Crippen molar-refractivity contribution in [3.8, 4) is 0 Å². The van der Waals surface area contributed by atoms with E-state index in [1.54, 1.807) is 6.07 Å². The number of rotatable bonds is 5. The summed E-state index contributed by atoms with van der Waals surface area (Å²) in [7, 11) is 0. The maximum Gasteiger partial charge on any atom is 0.242 e. The van der Waals surface area contributed by atoms with Gasteiger partial charge in [0.25, 0.3) is 0 Å². The summed E-state index contributed by atoms with van der Waals surface area (Å²) in [6.45, 7) is 3.86. The molecule has 2 aromatic carbocycles. The summed E-state index contributed by atoms with van der Waals surface area (Å²) in [5, 5.41) is 2.97. The van der Waals surface area contributed by atoms with E-state index in [4.69, 9.17) is 5.73 Å². The Kier molecular flexibility index (Phi) is 5.53. The number of hydrogen-bond acceptors (Lipinski definition) is 5. The van der Waals surface area contributed by atoms with Crippen LogP contribution in [0.25, 0.3) is 0 Å². The summed E-state index contributed by atoms with van der Waals surface area (Å²) in [4.78, 5) is 21.6. The Bertz CT molecular complexity index is 877. The maximum absolute atomic E-state index is 13.0. The molecule has 1 unspecified atom stereocenters. The average Bonchev–Trinajstić information content (AvgIpc) is 2.61. The molecule has 6 heteroatoms. The number of thioether (sulfide) groups is 1. The predicted octanol–water partition coefficient (Wildman–Crippen LogP) is 4.15. The van der Waals surface area contributed by atoms with Gasteiger partial charge in [-0.3, -0.25) is 4.79 Å². The number of nitrogen functional groups attached to an aromatic ring is 1. The number of nitrogens with zero attached hydrogens (tertiary/aromatic N) is 2. The van der Waals surface area contributed by atoms with Gasteiger partial charge in [-0.05, 0) is 31.5 Å². The Hall–Kier alpha value is -2.86. The van der Waals surface area contributed by atoms with Crippen LogP contribution in [0.5, 0.6) is 0 Å². The number of amides is 1. The van der Waals surface area contributed by atoms with Crippen LogP contribution in [0.4, 0.5) is 11.5 Å². The van der Waals surface area contributed by atoms with E-state index in [1.165, 1.54) is 11.8 Å². The van der Waals surface area contributed by atoms with Crippen LogP contribution in [0.2, 0.25) is 0 Å². The van der Waals surface area contributed by atoms with Crippen LogP contribution in [0.15, 0.2) is 65.8 Å². The van der Waals surface area contributed by atoms with E-state index < -0.39 is 5.25 Å². The zero-order valence-corrected chi connectivity index (χ0v) is 15.5. The highest BCUT2D eigenvalue weighted by atomic mass is 32.2. The predicted molar refractivity (Wildman–Crippen MR) is 106 cm³/mol. The number of benzene rings is 2. The second kappa shape index (κ2) is 8.01. The third-order valence-electron chi connectivity index (χ3n) is 3.74. The van der Waals surface area contributed by atoms with Crippen LogP contribution >= 0.6 is 11.8 Å². The maximum atomic E-state index is 13.0. The highest BCUT2D eigenvalue weighted by molar-refractivity contribution is 8.00. The molecule has 0 aliphatic carbocycles. The Morgan fingerprint density at radius 2 is 1.73 bits per heavy atom. The number of carbonyl (C=O) groups excluding carboxylic acids is 1. The molecular weight excluding hydrogens is 344 g/mol. The Morgan fingerprint density at radius 3 is 2.38 bits per heavy atom. The first-order chi connectivity index (χ1) is 12.5. The smallest absolute Gasteiger partial charge is 0.242 e. The van der Waals surface area contributed by atoms with E-state index in [1.807, 2.05) is 68.4 Å². The number of aryl methyl sites for hydroxylation is 2. The molecule has 3 rings (SSSR count). The molecule has 1 heterocycles. The highest BCUT2D eigenvalue weighted by Gasteiger charge is 2.23. The van der Waals surface area contributed by atoms with Crippen LogP contribution in [-0.2, 0) is 4.79 Å². The quantitative estimate of drug-likeness (QED) is 0.525. The molecule has 3 aromatic rings. The summed E-state index contributed by atoms with van der Waals surface area (Å²) in [6, 6.07) is 19.0. The molecule has 0 saturated heterocycles. The van der Waals surface area contributed by atoms with Crippen LogP contribution in [0.3, 0.4) is 0 Å². The SMILES string of the molecule is Cc1ccc(NC(=O)C(Sc2nc(C)cc(N)n2)c2ccccc2)cc1. The second-order valence-corrected chi connectivity index (χ2v) is 7.05. The largest absolute Gasteiger partial charge is 0.384 e. The zero-order valence-electron chi connectivity index (χ0n) is 14.6. The standard InChI is InChI=1S/C20H20N4OS/c1-13-8-10-16(11-9-13)23-19(25)18(15-6-4-3-5-7-15)26-20-22-14(2)12-17(21)24-20/h3-12,18H,1-2H3,(H,23,25)(H2,21,22,24). The van der Waals surface area contributed by atoms with E-state index in [-0.39, 0.29) is 5.91 Å². The van der Waals surface area contributed by atoms with Gasteiger partial charge in [0.05, 0.1) is 0 Å².